The van der Waals surface area contributed by atoms with Crippen molar-refractivity contribution < 1.29 is 14.8 Å². The third kappa shape index (κ3) is 2.53. The van der Waals surface area contributed by atoms with E-state index in [0.29, 0.717) is 0 Å². The van der Waals surface area contributed by atoms with Crippen LogP contribution in [0, 0.1) is 10.1 Å². The quantitative estimate of drug-likeness (QED) is 0.340. The second-order valence-corrected chi connectivity index (χ2v) is 2.65. The van der Waals surface area contributed by atoms with Crippen molar-refractivity contribution in [2.75, 3.05) is 5.32 Å². The molecule has 0 unspecified atom stereocenters. The van der Waals surface area contributed by atoms with Crippen LogP contribution in [0.15, 0.2) is 30.9 Å². The number of nitrogens with zero attached hydrogens (tertiary/aromatic N) is 1. The zero-order valence-corrected chi connectivity index (χ0v) is 7.64. The summed E-state index contributed by atoms with van der Waals surface area (Å²) in [7, 11) is 0. The van der Waals surface area contributed by atoms with Crippen LogP contribution in [-0.2, 0) is 4.79 Å². The number of benzene rings is 1. The van der Waals surface area contributed by atoms with E-state index in [1.165, 1.54) is 12.1 Å². The first kappa shape index (κ1) is 10.7. The van der Waals surface area contributed by atoms with Gasteiger partial charge in [0.05, 0.1) is 16.7 Å². The zero-order valence-electron chi connectivity index (χ0n) is 7.64. The summed E-state index contributed by atoms with van der Waals surface area (Å²) in [5.74, 6) is -0.862. The number of carbonyl (C=O) groups excluding carboxylic acids is 1. The van der Waals surface area contributed by atoms with Crippen molar-refractivity contribution in [1.29, 1.82) is 0 Å². The highest BCUT2D eigenvalue weighted by molar-refractivity contribution is 5.99. The van der Waals surface area contributed by atoms with Gasteiger partial charge in [0.1, 0.15) is 5.75 Å². The van der Waals surface area contributed by atoms with Crippen LogP contribution in [0.3, 0.4) is 0 Å². The molecule has 6 heteroatoms. The largest absolute Gasteiger partial charge is 0.506 e. The molecule has 0 heterocycles. The molecule has 1 aromatic carbocycles. The molecule has 0 fully saturated rings. The van der Waals surface area contributed by atoms with Gasteiger partial charge in [0, 0.05) is 6.07 Å². The second-order valence-electron chi connectivity index (χ2n) is 2.65. The number of non-ortho nitro benzene ring substituents is 1. The summed E-state index contributed by atoms with van der Waals surface area (Å²) in [6.45, 7) is 3.23. The summed E-state index contributed by atoms with van der Waals surface area (Å²) in [4.78, 5) is 20.6. The average Bonchev–Trinajstić information content (AvgIpc) is 2.20. The van der Waals surface area contributed by atoms with E-state index in [2.05, 4.69) is 11.9 Å². The minimum Gasteiger partial charge on any atom is -0.506 e. The first-order valence-electron chi connectivity index (χ1n) is 3.95. The van der Waals surface area contributed by atoms with Crippen molar-refractivity contribution in [3.63, 3.8) is 0 Å². The molecule has 0 spiro atoms. The van der Waals surface area contributed by atoms with Gasteiger partial charge < -0.3 is 10.4 Å². The standard InChI is InChI=1S/C9H8N2O4/c1-2-9(13)10-7-4-3-6(11(14)15)5-8(7)12/h2-5,12H,1H2,(H,10,13). The zero-order chi connectivity index (χ0) is 11.4. The van der Waals surface area contributed by atoms with Gasteiger partial charge >= 0.3 is 0 Å². The number of carbonyl (C=O) groups is 1. The van der Waals surface area contributed by atoms with Crippen LogP contribution in [0.4, 0.5) is 11.4 Å². The number of phenols is 1. The summed E-state index contributed by atoms with van der Waals surface area (Å²) in [6, 6.07) is 3.38. The Morgan fingerprint density at radius 3 is 2.73 bits per heavy atom. The van der Waals surface area contributed by atoms with Crippen LogP contribution in [0.25, 0.3) is 0 Å². The average molecular weight is 208 g/mol. The molecule has 1 aromatic rings. The molecule has 0 aliphatic rings. The maximum atomic E-state index is 10.9. The van der Waals surface area contributed by atoms with Crippen molar-refractivity contribution in [3.05, 3.63) is 41.0 Å². The van der Waals surface area contributed by atoms with Crippen LogP contribution in [0.1, 0.15) is 0 Å². The van der Waals surface area contributed by atoms with Crippen molar-refractivity contribution in [2.24, 2.45) is 0 Å². The fraction of sp³-hybridized carbons (Fsp3) is 0. The maximum absolute atomic E-state index is 10.9. The van der Waals surface area contributed by atoms with Crippen LogP contribution in [0.5, 0.6) is 5.75 Å². The first-order valence-corrected chi connectivity index (χ1v) is 3.95. The Balaban J connectivity index is 2.98. The first-order chi connectivity index (χ1) is 7.04. The lowest BCUT2D eigenvalue weighted by Gasteiger charge is -2.03. The lowest BCUT2D eigenvalue weighted by molar-refractivity contribution is -0.384. The SMILES string of the molecule is C=CC(=O)Nc1ccc([N+](=O)[O-])cc1O. The molecule has 0 aliphatic heterocycles. The highest BCUT2D eigenvalue weighted by atomic mass is 16.6. The van der Waals surface area contributed by atoms with Gasteiger partial charge in [-0.15, -0.1) is 0 Å². The van der Waals surface area contributed by atoms with Gasteiger partial charge in [0.2, 0.25) is 5.91 Å². The van der Waals surface area contributed by atoms with E-state index in [-0.39, 0.29) is 17.1 Å². The molecule has 1 rings (SSSR count). The van der Waals surface area contributed by atoms with Crippen molar-refractivity contribution in [3.8, 4) is 5.75 Å². The minimum absolute atomic E-state index is 0.102. The number of hydrogen-bond acceptors (Lipinski definition) is 4. The van der Waals surface area contributed by atoms with Gasteiger partial charge in [-0.1, -0.05) is 6.58 Å². The summed E-state index contributed by atoms with van der Waals surface area (Å²) in [5.41, 5.74) is -0.144. The lowest BCUT2D eigenvalue weighted by atomic mass is 10.2. The molecule has 0 aromatic heterocycles. The molecule has 1 amide bonds. The summed E-state index contributed by atoms with van der Waals surface area (Å²) >= 11 is 0. The van der Waals surface area contributed by atoms with Crippen LogP contribution in [-0.4, -0.2) is 15.9 Å². The number of nitro benzene ring substituents is 1. The molecule has 0 bridgehead atoms. The second kappa shape index (κ2) is 4.23. The van der Waals surface area contributed by atoms with E-state index in [0.717, 1.165) is 12.1 Å². The van der Waals surface area contributed by atoms with Crippen LogP contribution < -0.4 is 5.32 Å². The summed E-state index contributed by atoms with van der Waals surface area (Å²) < 4.78 is 0. The molecular weight excluding hydrogens is 200 g/mol. The predicted molar refractivity (Wildman–Crippen MR) is 53.6 cm³/mol. The van der Waals surface area contributed by atoms with Gasteiger partial charge in [-0.2, -0.15) is 0 Å². The van der Waals surface area contributed by atoms with E-state index in [4.69, 9.17) is 0 Å². The third-order valence-electron chi connectivity index (χ3n) is 1.64. The van der Waals surface area contributed by atoms with Crippen molar-refractivity contribution in [1.82, 2.24) is 0 Å². The third-order valence-corrected chi connectivity index (χ3v) is 1.64. The monoisotopic (exact) mass is 208 g/mol. The predicted octanol–water partition coefficient (Wildman–Crippen LogP) is 1.42. The minimum atomic E-state index is -0.640. The number of nitrogens with one attached hydrogen (secondary N) is 1. The van der Waals surface area contributed by atoms with Gasteiger partial charge in [-0.3, -0.25) is 14.9 Å². The number of rotatable bonds is 3. The Morgan fingerprint density at radius 2 is 2.27 bits per heavy atom. The Bertz CT molecular complexity index is 428. The van der Waals surface area contributed by atoms with Crippen molar-refractivity contribution >= 4 is 17.3 Å². The molecule has 0 saturated carbocycles. The molecule has 0 aliphatic carbocycles. The van der Waals surface area contributed by atoms with E-state index < -0.39 is 10.8 Å². The Morgan fingerprint density at radius 1 is 1.60 bits per heavy atom. The lowest BCUT2D eigenvalue weighted by Crippen LogP contribution is -2.07. The number of phenolic OH excluding ortho intramolecular Hbond substituents is 1. The molecule has 2 N–H and O–H groups in total. The fourth-order valence-corrected chi connectivity index (χ4v) is 0.923. The summed E-state index contributed by atoms with van der Waals surface area (Å²) in [5, 5.41) is 22.0. The van der Waals surface area contributed by atoms with E-state index >= 15 is 0 Å². The summed E-state index contributed by atoms with van der Waals surface area (Å²) in [6.07, 6.45) is 1.03. The van der Waals surface area contributed by atoms with Crippen molar-refractivity contribution in [2.45, 2.75) is 0 Å². The highest BCUT2D eigenvalue weighted by Crippen LogP contribution is 2.27. The number of anilines is 1. The molecule has 0 saturated heterocycles. The number of aromatic hydroxyl groups is 1. The topological polar surface area (TPSA) is 92.5 Å². The number of amides is 1. The van der Waals surface area contributed by atoms with Gasteiger partial charge in [0.25, 0.3) is 5.69 Å². The van der Waals surface area contributed by atoms with Crippen LogP contribution in [0.2, 0.25) is 0 Å². The maximum Gasteiger partial charge on any atom is 0.273 e. The van der Waals surface area contributed by atoms with Gasteiger partial charge in [0.15, 0.2) is 0 Å². The van der Waals surface area contributed by atoms with E-state index in [9.17, 15) is 20.0 Å². The molecular formula is C9H8N2O4. The Kier molecular flexibility index (Phi) is 3.02. The Hall–Kier alpha value is -2.37. The van der Waals surface area contributed by atoms with E-state index in [1.807, 2.05) is 0 Å². The number of hydrogen-bond donors (Lipinski definition) is 2. The molecule has 6 nitrogen and oxygen atoms in total. The molecule has 15 heavy (non-hydrogen) atoms. The molecule has 0 atom stereocenters. The smallest absolute Gasteiger partial charge is 0.273 e. The van der Waals surface area contributed by atoms with Gasteiger partial charge in [-0.25, -0.2) is 0 Å². The van der Waals surface area contributed by atoms with E-state index in [1.54, 1.807) is 0 Å². The molecule has 0 radical (unpaired) electrons. The Labute approximate surface area is 85.0 Å². The van der Waals surface area contributed by atoms with Gasteiger partial charge in [-0.05, 0) is 12.1 Å². The fourth-order valence-electron chi connectivity index (χ4n) is 0.923. The number of nitro groups is 1. The highest BCUT2D eigenvalue weighted by Gasteiger charge is 2.10. The normalized spacial score (nSPS) is 9.33. The van der Waals surface area contributed by atoms with Crippen LogP contribution >= 0.6 is 0 Å². The molecule has 78 valence electrons.